The van der Waals surface area contributed by atoms with Gasteiger partial charge in [0.05, 0.1) is 11.0 Å². The number of likely N-dealkylation sites (N-methyl/N-ethyl adjacent to an activating group) is 1. The lowest BCUT2D eigenvalue weighted by molar-refractivity contribution is -0.384. The number of nitrogens with one attached hydrogen (secondary N) is 1. The molecule has 0 bridgehead atoms. The second kappa shape index (κ2) is 7.09. The lowest BCUT2D eigenvalue weighted by atomic mass is 10.3. The van der Waals surface area contributed by atoms with Crippen LogP contribution in [-0.2, 0) is 4.79 Å². The molecule has 8 nitrogen and oxygen atoms in total. The van der Waals surface area contributed by atoms with Crippen LogP contribution in [0.5, 0.6) is 0 Å². The summed E-state index contributed by atoms with van der Waals surface area (Å²) in [5.74, 6) is 0.0366. The molecule has 1 amide bonds. The maximum absolute atomic E-state index is 11.8. The monoisotopic (exact) mass is 293 g/mol. The van der Waals surface area contributed by atoms with Gasteiger partial charge in [0.2, 0.25) is 5.91 Å². The summed E-state index contributed by atoms with van der Waals surface area (Å²) >= 11 is 0. The van der Waals surface area contributed by atoms with Crippen molar-refractivity contribution in [2.24, 2.45) is 0 Å². The molecule has 1 N–H and O–H groups in total. The van der Waals surface area contributed by atoms with E-state index in [-0.39, 0.29) is 17.4 Å². The zero-order chi connectivity index (χ0) is 15.2. The number of piperazine rings is 1. The van der Waals surface area contributed by atoms with Gasteiger partial charge in [0, 0.05) is 51.4 Å². The molecule has 0 radical (unpaired) electrons. The third kappa shape index (κ3) is 4.76. The van der Waals surface area contributed by atoms with Crippen molar-refractivity contribution in [2.75, 3.05) is 45.1 Å². The van der Waals surface area contributed by atoms with Crippen molar-refractivity contribution in [3.63, 3.8) is 0 Å². The first-order valence-corrected chi connectivity index (χ1v) is 6.86. The van der Waals surface area contributed by atoms with E-state index in [2.05, 4.69) is 27.1 Å². The summed E-state index contributed by atoms with van der Waals surface area (Å²) in [6, 6.07) is 2.55. The number of amides is 1. The molecule has 1 aromatic rings. The first-order chi connectivity index (χ1) is 10.0. The van der Waals surface area contributed by atoms with Crippen LogP contribution in [0.2, 0.25) is 0 Å². The normalized spacial score (nSPS) is 16.6. The van der Waals surface area contributed by atoms with Crippen LogP contribution in [0.25, 0.3) is 0 Å². The average molecular weight is 293 g/mol. The van der Waals surface area contributed by atoms with Crippen LogP contribution in [0.3, 0.4) is 0 Å². The lowest BCUT2D eigenvalue weighted by Crippen LogP contribution is -2.45. The standard InChI is InChI=1S/C13H19N5O3/c1-16-6-8-17(9-7-16)5-3-13(19)15-12-10-11(18(20)21)2-4-14-12/h2,4,10H,3,5-9H2,1H3,(H,14,15,19). The van der Waals surface area contributed by atoms with Crippen LogP contribution in [0.15, 0.2) is 18.3 Å². The largest absolute Gasteiger partial charge is 0.310 e. The predicted molar refractivity (Wildman–Crippen MR) is 78.1 cm³/mol. The first-order valence-electron chi connectivity index (χ1n) is 6.86. The Hall–Kier alpha value is -2.06. The molecule has 0 saturated carbocycles. The quantitative estimate of drug-likeness (QED) is 0.630. The number of anilines is 1. The molecular formula is C13H19N5O3. The van der Waals surface area contributed by atoms with Crippen molar-refractivity contribution in [2.45, 2.75) is 6.42 Å². The van der Waals surface area contributed by atoms with Crippen LogP contribution in [0, 0.1) is 10.1 Å². The van der Waals surface area contributed by atoms with E-state index in [0.717, 1.165) is 26.2 Å². The maximum atomic E-state index is 11.8. The van der Waals surface area contributed by atoms with Gasteiger partial charge in [-0.25, -0.2) is 4.98 Å². The van der Waals surface area contributed by atoms with Gasteiger partial charge in [0.25, 0.3) is 5.69 Å². The number of carbonyl (C=O) groups excluding carboxylic acids is 1. The fraction of sp³-hybridized carbons (Fsp3) is 0.538. The Bertz CT molecular complexity index is 514. The fourth-order valence-electron chi connectivity index (χ4n) is 2.14. The van der Waals surface area contributed by atoms with Crippen molar-refractivity contribution in [3.8, 4) is 0 Å². The van der Waals surface area contributed by atoms with Crippen molar-refractivity contribution in [3.05, 3.63) is 28.4 Å². The molecule has 8 heteroatoms. The van der Waals surface area contributed by atoms with Gasteiger partial charge in [-0.2, -0.15) is 0 Å². The number of carbonyl (C=O) groups is 1. The first kappa shape index (κ1) is 15.3. The zero-order valence-electron chi connectivity index (χ0n) is 12.0. The number of aromatic nitrogens is 1. The van der Waals surface area contributed by atoms with E-state index in [1.807, 2.05) is 0 Å². The van der Waals surface area contributed by atoms with E-state index in [1.54, 1.807) is 0 Å². The molecule has 21 heavy (non-hydrogen) atoms. The second-order valence-electron chi connectivity index (χ2n) is 5.10. The Kier molecular flexibility index (Phi) is 5.18. The van der Waals surface area contributed by atoms with Gasteiger partial charge in [-0.3, -0.25) is 14.9 Å². The molecular weight excluding hydrogens is 274 g/mol. The Morgan fingerprint density at radius 3 is 2.81 bits per heavy atom. The SMILES string of the molecule is CN1CCN(CCC(=O)Nc2cc([N+](=O)[O-])ccn2)CC1. The minimum atomic E-state index is -0.512. The smallest absolute Gasteiger partial charge is 0.274 e. The molecule has 0 unspecified atom stereocenters. The van der Waals surface area contributed by atoms with Crippen LogP contribution in [-0.4, -0.2) is 65.4 Å². The van der Waals surface area contributed by atoms with Crippen LogP contribution >= 0.6 is 0 Å². The second-order valence-corrected chi connectivity index (χ2v) is 5.10. The highest BCUT2D eigenvalue weighted by Gasteiger charge is 2.15. The minimum Gasteiger partial charge on any atom is -0.310 e. The van der Waals surface area contributed by atoms with Crippen LogP contribution in [0.4, 0.5) is 11.5 Å². The Labute approximate surface area is 122 Å². The molecule has 0 atom stereocenters. The Morgan fingerprint density at radius 1 is 1.43 bits per heavy atom. The molecule has 1 aromatic heterocycles. The highest BCUT2D eigenvalue weighted by atomic mass is 16.6. The average Bonchev–Trinajstić information content (AvgIpc) is 2.47. The summed E-state index contributed by atoms with van der Waals surface area (Å²) in [7, 11) is 2.08. The fourth-order valence-corrected chi connectivity index (χ4v) is 2.14. The molecule has 1 fully saturated rings. The van der Waals surface area contributed by atoms with Crippen LogP contribution in [0.1, 0.15) is 6.42 Å². The lowest BCUT2D eigenvalue weighted by Gasteiger charge is -2.32. The summed E-state index contributed by atoms with van der Waals surface area (Å²) in [5.41, 5.74) is -0.0839. The van der Waals surface area contributed by atoms with Gasteiger partial charge in [0.1, 0.15) is 5.82 Å². The zero-order valence-corrected chi connectivity index (χ0v) is 12.0. The summed E-state index contributed by atoms with van der Waals surface area (Å²) in [6.45, 7) is 4.62. The van der Waals surface area contributed by atoms with Gasteiger partial charge in [-0.1, -0.05) is 0 Å². The van der Waals surface area contributed by atoms with E-state index in [9.17, 15) is 14.9 Å². The third-order valence-corrected chi connectivity index (χ3v) is 3.47. The van der Waals surface area contributed by atoms with Gasteiger partial charge in [-0.05, 0) is 7.05 Å². The molecule has 0 aromatic carbocycles. The highest BCUT2D eigenvalue weighted by Crippen LogP contribution is 2.14. The van der Waals surface area contributed by atoms with Gasteiger partial charge in [0.15, 0.2) is 0 Å². The molecule has 0 spiro atoms. The summed E-state index contributed by atoms with van der Waals surface area (Å²) in [6.07, 6.45) is 1.67. The third-order valence-electron chi connectivity index (χ3n) is 3.47. The Morgan fingerprint density at radius 2 is 2.14 bits per heavy atom. The van der Waals surface area contributed by atoms with E-state index < -0.39 is 4.92 Å². The molecule has 114 valence electrons. The van der Waals surface area contributed by atoms with Crippen LogP contribution < -0.4 is 5.32 Å². The summed E-state index contributed by atoms with van der Waals surface area (Å²) in [5, 5.41) is 13.2. The highest BCUT2D eigenvalue weighted by molar-refractivity contribution is 5.90. The van der Waals surface area contributed by atoms with E-state index in [0.29, 0.717) is 13.0 Å². The molecule has 1 aliphatic rings. The number of nitrogens with zero attached hydrogens (tertiary/aromatic N) is 4. The van der Waals surface area contributed by atoms with E-state index in [4.69, 9.17) is 0 Å². The topological polar surface area (TPSA) is 91.6 Å². The summed E-state index contributed by atoms with van der Waals surface area (Å²) < 4.78 is 0. The molecule has 1 aliphatic heterocycles. The number of nitro groups is 1. The molecule has 2 rings (SSSR count). The van der Waals surface area contributed by atoms with Crippen molar-refractivity contribution >= 4 is 17.4 Å². The maximum Gasteiger partial charge on any atom is 0.274 e. The van der Waals surface area contributed by atoms with Gasteiger partial charge in [-0.15, -0.1) is 0 Å². The molecule has 0 aliphatic carbocycles. The number of hydrogen-bond donors (Lipinski definition) is 1. The molecule has 1 saturated heterocycles. The van der Waals surface area contributed by atoms with Crippen molar-refractivity contribution in [1.82, 2.24) is 14.8 Å². The van der Waals surface area contributed by atoms with Gasteiger partial charge < -0.3 is 15.1 Å². The van der Waals surface area contributed by atoms with E-state index in [1.165, 1.54) is 18.3 Å². The van der Waals surface area contributed by atoms with Crippen molar-refractivity contribution < 1.29 is 9.72 Å². The van der Waals surface area contributed by atoms with Crippen molar-refractivity contribution in [1.29, 1.82) is 0 Å². The van der Waals surface area contributed by atoms with E-state index >= 15 is 0 Å². The number of hydrogen-bond acceptors (Lipinski definition) is 6. The molecule has 2 heterocycles. The number of rotatable bonds is 5. The minimum absolute atomic E-state index is 0.0839. The summed E-state index contributed by atoms with van der Waals surface area (Å²) in [4.78, 5) is 30.4. The van der Waals surface area contributed by atoms with Gasteiger partial charge >= 0.3 is 0 Å². The number of pyridine rings is 1. The predicted octanol–water partition coefficient (Wildman–Crippen LogP) is 0.566. The Balaban J connectivity index is 1.79.